The highest BCUT2D eigenvalue weighted by molar-refractivity contribution is 6.05. The zero-order chi connectivity index (χ0) is 39.7. The van der Waals surface area contributed by atoms with Crippen LogP contribution >= 0.6 is 0 Å². The first kappa shape index (κ1) is 44.0. The Hall–Kier alpha value is -5.38. The summed E-state index contributed by atoms with van der Waals surface area (Å²) in [5.74, 6) is -1.09. The second kappa shape index (κ2) is 25.6. The number of pyridine rings is 1. The molecule has 1 atom stereocenters. The predicted octanol–water partition coefficient (Wildman–Crippen LogP) is 6.46. The normalized spacial score (nSPS) is 11.2. The van der Waals surface area contributed by atoms with E-state index in [1.807, 2.05) is 18.2 Å². The summed E-state index contributed by atoms with van der Waals surface area (Å²) < 4.78 is 11.6. The van der Waals surface area contributed by atoms with Gasteiger partial charge in [0.2, 0.25) is 0 Å². The number of nitrogens with zero attached hydrogens (tertiary/aromatic N) is 1. The zero-order valence-corrected chi connectivity index (χ0v) is 31.2. The van der Waals surface area contributed by atoms with Crippen molar-refractivity contribution in [3.63, 3.8) is 0 Å². The summed E-state index contributed by atoms with van der Waals surface area (Å²) in [6.07, 6.45) is 8.58. The Bertz CT molecular complexity index is 1740. The lowest BCUT2D eigenvalue weighted by Gasteiger charge is -2.14. The van der Waals surface area contributed by atoms with Gasteiger partial charge in [-0.25, -0.2) is 4.79 Å². The van der Waals surface area contributed by atoms with E-state index in [-0.39, 0.29) is 18.3 Å². The molecule has 3 amide bonds. The molecule has 0 fully saturated rings. The SMILES string of the molecule is CC(=O)O.O=C(Nc1cccc(COCCCOCCCCCCCNC[C@H](O)c2ccc(O)c(CO)c2)c1)Nc1cccc(NC(=O)c2cccnc2)c1. The van der Waals surface area contributed by atoms with Crippen LogP contribution in [0.1, 0.15) is 78.6 Å². The maximum absolute atomic E-state index is 12.6. The molecule has 296 valence electrons. The van der Waals surface area contributed by atoms with Gasteiger partial charge in [-0.05, 0) is 91.5 Å². The third-order valence-electron chi connectivity index (χ3n) is 7.97. The van der Waals surface area contributed by atoms with Crippen molar-refractivity contribution in [2.24, 2.45) is 0 Å². The molecule has 14 heteroatoms. The van der Waals surface area contributed by atoms with Gasteiger partial charge in [0.05, 0.1) is 24.9 Å². The molecule has 0 radical (unpaired) electrons. The zero-order valence-electron chi connectivity index (χ0n) is 31.2. The Balaban J connectivity index is 0.00000193. The molecule has 1 heterocycles. The number of hydrogen-bond acceptors (Lipinski definition) is 10. The number of urea groups is 1. The fraction of sp³-hybridized carbons (Fsp3) is 0.366. The number of phenols is 1. The highest BCUT2D eigenvalue weighted by Crippen LogP contribution is 2.22. The molecule has 1 aromatic heterocycles. The second-order valence-corrected chi connectivity index (χ2v) is 12.6. The fourth-order valence-electron chi connectivity index (χ4n) is 5.24. The molecule has 3 aromatic carbocycles. The van der Waals surface area contributed by atoms with Crippen molar-refractivity contribution < 1.29 is 44.3 Å². The number of benzene rings is 3. The van der Waals surface area contributed by atoms with Gasteiger partial charge in [0.15, 0.2) is 0 Å². The van der Waals surface area contributed by atoms with Crippen molar-refractivity contribution in [1.82, 2.24) is 10.3 Å². The van der Waals surface area contributed by atoms with Gasteiger partial charge < -0.3 is 51.2 Å². The van der Waals surface area contributed by atoms with Crippen LogP contribution in [0.5, 0.6) is 5.75 Å². The Morgan fingerprint density at radius 2 is 1.42 bits per heavy atom. The summed E-state index contributed by atoms with van der Waals surface area (Å²) >= 11 is 0. The largest absolute Gasteiger partial charge is 0.508 e. The minimum atomic E-state index is -0.833. The molecule has 0 saturated heterocycles. The molecule has 4 rings (SSSR count). The van der Waals surface area contributed by atoms with Crippen molar-refractivity contribution in [2.45, 2.75) is 64.8 Å². The van der Waals surface area contributed by atoms with E-state index in [1.165, 1.54) is 12.3 Å². The number of aromatic nitrogens is 1. The summed E-state index contributed by atoms with van der Waals surface area (Å²) in [7, 11) is 0. The molecule has 55 heavy (non-hydrogen) atoms. The average molecular weight is 760 g/mol. The van der Waals surface area contributed by atoms with Crippen LogP contribution in [0, 0.1) is 0 Å². The second-order valence-electron chi connectivity index (χ2n) is 12.6. The quantitative estimate of drug-likeness (QED) is 0.0407. The van der Waals surface area contributed by atoms with E-state index in [4.69, 9.17) is 19.4 Å². The summed E-state index contributed by atoms with van der Waals surface area (Å²) in [5.41, 5.74) is 4.17. The average Bonchev–Trinajstić information content (AvgIpc) is 3.16. The van der Waals surface area contributed by atoms with E-state index < -0.39 is 18.1 Å². The van der Waals surface area contributed by atoms with Crippen LogP contribution in [-0.4, -0.2) is 76.2 Å². The van der Waals surface area contributed by atoms with Crippen molar-refractivity contribution >= 4 is 35.0 Å². The Morgan fingerprint density at radius 1 is 0.764 bits per heavy atom. The molecular formula is C41H53N5O9. The Morgan fingerprint density at radius 3 is 2.15 bits per heavy atom. The van der Waals surface area contributed by atoms with Crippen LogP contribution in [0.15, 0.2) is 91.3 Å². The van der Waals surface area contributed by atoms with E-state index in [0.29, 0.717) is 60.1 Å². The van der Waals surface area contributed by atoms with Gasteiger partial charge in [-0.1, -0.05) is 43.5 Å². The van der Waals surface area contributed by atoms with Crippen LogP contribution in [0.4, 0.5) is 21.9 Å². The van der Waals surface area contributed by atoms with Crippen LogP contribution in [0.2, 0.25) is 0 Å². The van der Waals surface area contributed by atoms with Gasteiger partial charge in [-0.2, -0.15) is 0 Å². The number of hydrogen-bond donors (Lipinski definition) is 8. The molecule has 0 saturated carbocycles. The minimum Gasteiger partial charge on any atom is -0.508 e. The summed E-state index contributed by atoms with van der Waals surface area (Å²) in [6, 6.07) is 22.1. The number of aromatic hydroxyl groups is 1. The maximum Gasteiger partial charge on any atom is 0.323 e. The molecule has 0 bridgehead atoms. The predicted molar refractivity (Wildman–Crippen MR) is 211 cm³/mol. The molecular weight excluding hydrogens is 706 g/mol. The molecule has 0 spiro atoms. The Labute approximate surface area is 321 Å². The van der Waals surface area contributed by atoms with Crippen molar-refractivity contribution in [3.8, 4) is 5.75 Å². The van der Waals surface area contributed by atoms with E-state index in [1.54, 1.807) is 60.8 Å². The number of aliphatic carboxylic acids is 1. The number of anilines is 3. The fourth-order valence-corrected chi connectivity index (χ4v) is 5.24. The number of amides is 3. The van der Waals surface area contributed by atoms with Gasteiger partial charge in [0, 0.05) is 68.3 Å². The lowest BCUT2D eigenvalue weighted by atomic mass is 10.1. The topological polar surface area (TPSA) is 212 Å². The molecule has 0 aliphatic rings. The highest BCUT2D eigenvalue weighted by Gasteiger charge is 2.11. The first-order valence-electron chi connectivity index (χ1n) is 18.3. The van der Waals surface area contributed by atoms with Crippen LogP contribution in [0.25, 0.3) is 0 Å². The summed E-state index contributed by atoms with van der Waals surface area (Å²) in [6.45, 7) is 4.43. The standard InChI is InChI=1S/C39H49N5O7.C2H4O2/c45-27-32-23-30(15-16-36(32)46)37(47)26-41-17-4-2-1-3-5-19-50-20-9-21-51-28-29-10-6-12-33(22-29)43-39(49)44-35-14-7-13-34(24-35)42-38(48)31-11-8-18-40-25-31;1-2(3)4/h6-8,10-16,18,22-25,37,41,45-47H,1-5,9,17,19-21,26-28H2,(H,42,48)(H2,43,44,49);1H3,(H,3,4)/t37-;/m0./s1. The van der Waals surface area contributed by atoms with Crippen molar-refractivity contribution in [2.75, 3.05) is 48.9 Å². The summed E-state index contributed by atoms with van der Waals surface area (Å²) in [5, 5.41) is 48.4. The first-order valence-corrected chi connectivity index (χ1v) is 18.3. The van der Waals surface area contributed by atoms with Crippen LogP contribution in [-0.2, 0) is 27.5 Å². The van der Waals surface area contributed by atoms with Crippen LogP contribution in [0.3, 0.4) is 0 Å². The number of carboxylic acid groups (broad SMARTS) is 1. The van der Waals surface area contributed by atoms with E-state index in [2.05, 4.69) is 26.3 Å². The number of unbranched alkanes of at least 4 members (excludes halogenated alkanes) is 4. The molecule has 0 unspecified atom stereocenters. The van der Waals surface area contributed by atoms with Crippen LogP contribution < -0.4 is 21.3 Å². The molecule has 14 nitrogen and oxygen atoms in total. The Kier molecular flexibility index (Phi) is 20.5. The monoisotopic (exact) mass is 759 g/mol. The van der Waals surface area contributed by atoms with Gasteiger partial charge in [-0.3, -0.25) is 14.6 Å². The first-order chi connectivity index (χ1) is 26.6. The maximum atomic E-state index is 12.6. The molecule has 4 aromatic rings. The van der Waals surface area contributed by atoms with E-state index in [9.17, 15) is 24.9 Å². The molecule has 0 aliphatic carbocycles. The third-order valence-corrected chi connectivity index (χ3v) is 7.97. The van der Waals surface area contributed by atoms with Gasteiger partial charge >= 0.3 is 6.03 Å². The lowest BCUT2D eigenvalue weighted by molar-refractivity contribution is -0.134. The van der Waals surface area contributed by atoms with Crippen molar-refractivity contribution in [3.05, 3.63) is 114 Å². The van der Waals surface area contributed by atoms with E-state index >= 15 is 0 Å². The number of carbonyl (C=O) groups excluding carboxylic acids is 2. The van der Waals surface area contributed by atoms with Gasteiger partial charge in [-0.15, -0.1) is 0 Å². The van der Waals surface area contributed by atoms with Crippen molar-refractivity contribution in [1.29, 1.82) is 0 Å². The van der Waals surface area contributed by atoms with E-state index in [0.717, 1.165) is 64.2 Å². The number of carbonyl (C=O) groups is 3. The molecule has 8 N–H and O–H groups in total. The number of nitrogens with one attached hydrogen (secondary N) is 4. The number of carboxylic acids is 1. The van der Waals surface area contributed by atoms with Gasteiger partial charge in [0.25, 0.3) is 11.9 Å². The third kappa shape index (κ3) is 18.5. The number of aliphatic hydroxyl groups is 2. The molecule has 0 aliphatic heterocycles. The lowest BCUT2D eigenvalue weighted by Crippen LogP contribution is -2.22. The minimum absolute atomic E-state index is 0.0306. The number of rotatable bonds is 22. The number of ether oxygens (including phenoxy) is 2. The summed E-state index contributed by atoms with van der Waals surface area (Å²) in [4.78, 5) is 38.0. The van der Waals surface area contributed by atoms with Gasteiger partial charge in [0.1, 0.15) is 5.75 Å². The smallest absolute Gasteiger partial charge is 0.323 e. The highest BCUT2D eigenvalue weighted by atomic mass is 16.5. The number of aliphatic hydroxyl groups excluding tert-OH is 2.